The first-order chi connectivity index (χ1) is 11.6. The lowest BCUT2D eigenvalue weighted by Gasteiger charge is -2.40. The SMILES string of the molecule is CC1CN(C2CC2)CCN1C(=O)c1cccc(N2CCCC2=O)c1. The molecule has 2 amide bonds. The quantitative estimate of drug-likeness (QED) is 0.854. The van der Waals surface area contributed by atoms with Crippen molar-refractivity contribution in [1.82, 2.24) is 9.80 Å². The predicted octanol–water partition coefficient (Wildman–Crippen LogP) is 2.12. The van der Waals surface area contributed by atoms with Crippen molar-refractivity contribution in [3.05, 3.63) is 29.8 Å². The Morgan fingerprint density at radius 1 is 1.17 bits per heavy atom. The molecule has 5 heteroatoms. The molecule has 0 spiro atoms. The summed E-state index contributed by atoms with van der Waals surface area (Å²) in [5.41, 5.74) is 1.55. The Morgan fingerprint density at radius 3 is 2.67 bits per heavy atom. The summed E-state index contributed by atoms with van der Waals surface area (Å²) in [5.74, 6) is 0.248. The molecule has 0 aromatic heterocycles. The van der Waals surface area contributed by atoms with E-state index in [0.717, 1.165) is 44.3 Å². The zero-order valence-electron chi connectivity index (χ0n) is 14.3. The molecule has 2 heterocycles. The fourth-order valence-electron chi connectivity index (χ4n) is 3.95. The highest BCUT2D eigenvalue weighted by atomic mass is 16.2. The Kier molecular flexibility index (Phi) is 4.04. The third-order valence-corrected chi connectivity index (χ3v) is 5.46. The Hall–Kier alpha value is -1.88. The summed E-state index contributed by atoms with van der Waals surface area (Å²) in [6.07, 6.45) is 4.13. The first-order valence-electron chi connectivity index (χ1n) is 9.09. The van der Waals surface area contributed by atoms with E-state index in [1.54, 1.807) is 4.90 Å². The van der Waals surface area contributed by atoms with Gasteiger partial charge in [-0.05, 0) is 44.4 Å². The number of amides is 2. The van der Waals surface area contributed by atoms with Gasteiger partial charge in [-0.2, -0.15) is 0 Å². The molecule has 5 nitrogen and oxygen atoms in total. The van der Waals surface area contributed by atoms with Gasteiger partial charge in [0.25, 0.3) is 5.91 Å². The van der Waals surface area contributed by atoms with E-state index in [0.29, 0.717) is 12.0 Å². The Labute approximate surface area is 143 Å². The van der Waals surface area contributed by atoms with Gasteiger partial charge in [-0.25, -0.2) is 0 Å². The van der Waals surface area contributed by atoms with Crippen molar-refractivity contribution in [1.29, 1.82) is 0 Å². The van der Waals surface area contributed by atoms with Gasteiger partial charge < -0.3 is 9.80 Å². The summed E-state index contributed by atoms with van der Waals surface area (Å²) in [4.78, 5) is 31.2. The second-order valence-corrected chi connectivity index (χ2v) is 7.27. The average Bonchev–Trinajstić information content (AvgIpc) is 3.36. The lowest BCUT2D eigenvalue weighted by Crippen LogP contribution is -2.54. The van der Waals surface area contributed by atoms with E-state index in [1.165, 1.54) is 12.8 Å². The normalized spacial score (nSPS) is 25.4. The van der Waals surface area contributed by atoms with Gasteiger partial charge in [-0.15, -0.1) is 0 Å². The number of carbonyl (C=O) groups is 2. The lowest BCUT2D eigenvalue weighted by atomic mass is 10.1. The van der Waals surface area contributed by atoms with Gasteiger partial charge in [0.15, 0.2) is 0 Å². The molecule has 4 rings (SSSR count). The van der Waals surface area contributed by atoms with Crippen molar-refractivity contribution in [3.8, 4) is 0 Å². The van der Waals surface area contributed by atoms with E-state index in [9.17, 15) is 9.59 Å². The Morgan fingerprint density at radius 2 is 2.00 bits per heavy atom. The number of nitrogens with zero attached hydrogens (tertiary/aromatic N) is 3. The molecule has 1 atom stereocenters. The van der Waals surface area contributed by atoms with Gasteiger partial charge in [0.05, 0.1) is 0 Å². The topological polar surface area (TPSA) is 43.9 Å². The van der Waals surface area contributed by atoms with E-state index in [4.69, 9.17) is 0 Å². The highest BCUT2D eigenvalue weighted by Crippen LogP contribution is 2.29. The molecule has 1 unspecified atom stereocenters. The van der Waals surface area contributed by atoms with Crippen LogP contribution in [0.1, 0.15) is 43.0 Å². The van der Waals surface area contributed by atoms with E-state index in [-0.39, 0.29) is 17.9 Å². The number of piperazine rings is 1. The van der Waals surface area contributed by atoms with Crippen LogP contribution >= 0.6 is 0 Å². The number of anilines is 1. The molecule has 0 bridgehead atoms. The molecule has 1 saturated carbocycles. The van der Waals surface area contributed by atoms with E-state index in [2.05, 4.69) is 11.8 Å². The van der Waals surface area contributed by atoms with Crippen LogP contribution in [-0.2, 0) is 4.79 Å². The molecule has 0 radical (unpaired) electrons. The van der Waals surface area contributed by atoms with Crippen LogP contribution in [0.15, 0.2) is 24.3 Å². The summed E-state index contributed by atoms with van der Waals surface area (Å²) >= 11 is 0. The van der Waals surface area contributed by atoms with Crippen molar-refractivity contribution in [2.24, 2.45) is 0 Å². The molecule has 2 aliphatic heterocycles. The molecule has 0 N–H and O–H groups in total. The monoisotopic (exact) mass is 327 g/mol. The highest BCUT2D eigenvalue weighted by molar-refractivity contribution is 5.99. The van der Waals surface area contributed by atoms with Crippen LogP contribution in [0.4, 0.5) is 5.69 Å². The average molecular weight is 327 g/mol. The molecule has 3 fully saturated rings. The van der Waals surface area contributed by atoms with E-state index >= 15 is 0 Å². The standard InChI is InChI=1S/C19H25N3O2/c1-14-13-20(16-7-8-16)10-11-21(14)19(24)15-4-2-5-17(12-15)22-9-3-6-18(22)23/h2,4-5,12,14,16H,3,6-11,13H2,1H3. The Bertz CT molecular complexity index is 656. The van der Waals surface area contributed by atoms with Crippen LogP contribution in [0.3, 0.4) is 0 Å². The number of hydrogen-bond acceptors (Lipinski definition) is 3. The Balaban J connectivity index is 1.49. The lowest BCUT2D eigenvalue weighted by molar-refractivity contribution is -0.117. The minimum absolute atomic E-state index is 0.0893. The van der Waals surface area contributed by atoms with Crippen LogP contribution in [0.25, 0.3) is 0 Å². The summed E-state index contributed by atoms with van der Waals surface area (Å²) in [6.45, 7) is 5.64. The van der Waals surface area contributed by atoms with Crippen molar-refractivity contribution < 1.29 is 9.59 Å². The second-order valence-electron chi connectivity index (χ2n) is 7.27. The summed E-state index contributed by atoms with van der Waals surface area (Å²) in [5, 5.41) is 0. The maximum atomic E-state index is 13.0. The number of rotatable bonds is 3. The molecule has 2 saturated heterocycles. The van der Waals surface area contributed by atoms with Gasteiger partial charge in [-0.1, -0.05) is 6.07 Å². The molecule has 1 aromatic carbocycles. The van der Waals surface area contributed by atoms with E-state index < -0.39 is 0 Å². The minimum atomic E-state index is 0.0893. The number of benzene rings is 1. The first kappa shape index (κ1) is 15.6. The summed E-state index contributed by atoms with van der Waals surface area (Å²) in [7, 11) is 0. The fraction of sp³-hybridized carbons (Fsp3) is 0.579. The van der Waals surface area contributed by atoms with Crippen molar-refractivity contribution >= 4 is 17.5 Å². The zero-order chi connectivity index (χ0) is 16.7. The van der Waals surface area contributed by atoms with E-state index in [1.807, 2.05) is 29.2 Å². The number of carbonyl (C=O) groups excluding carboxylic acids is 2. The fourth-order valence-corrected chi connectivity index (χ4v) is 3.95. The molecule has 24 heavy (non-hydrogen) atoms. The summed E-state index contributed by atoms with van der Waals surface area (Å²) < 4.78 is 0. The van der Waals surface area contributed by atoms with Crippen LogP contribution in [0.5, 0.6) is 0 Å². The second kappa shape index (κ2) is 6.20. The van der Waals surface area contributed by atoms with Crippen LogP contribution < -0.4 is 4.90 Å². The zero-order valence-corrected chi connectivity index (χ0v) is 14.3. The van der Waals surface area contributed by atoms with Gasteiger partial charge in [0.2, 0.25) is 5.91 Å². The molecular weight excluding hydrogens is 302 g/mol. The third-order valence-electron chi connectivity index (χ3n) is 5.46. The van der Waals surface area contributed by atoms with Gasteiger partial charge >= 0.3 is 0 Å². The molecule has 1 aromatic rings. The molecule has 3 aliphatic rings. The van der Waals surface area contributed by atoms with Crippen LogP contribution in [-0.4, -0.2) is 59.9 Å². The maximum Gasteiger partial charge on any atom is 0.254 e. The first-order valence-corrected chi connectivity index (χ1v) is 9.09. The highest BCUT2D eigenvalue weighted by Gasteiger charge is 2.35. The van der Waals surface area contributed by atoms with Gasteiger partial charge in [0.1, 0.15) is 0 Å². The predicted molar refractivity (Wildman–Crippen MR) is 93.1 cm³/mol. The van der Waals surface area contributed by atoms with Crippen LogP contribution in [0, 0.1) is 0 Å². The minimum Gasteiger partial charge on any atom is -0.333 e. The molecular formula is C19H25N3O2. The van der Waals surface area contributed by atoms with Crippen LogP contribution in [0.2, 0.25) is 0 Å². The van der Waals surface area contributed by atoms with Gasteiger partial charge in [0, 0.05) is 55.9 Å². The molecule has 1 aliphatic carbocycles. The smallest absolute Gasteiger partial charge is 0.254 e. The van der Waals surface area contributed by atoms with Crippen molar-refractivity contribution in [2.45, 2.75) is 44.7 Å². The summed E-state index contributed by atoms with van der Waals surface area (Å²) in [6, 6.07) is 8.56. The molecule has 128 valence electrons. The maximum absolute atomic E-state index is 13.0. The van der Waals surface area contributed by atoms with Gasteiger partial charge in [-0.3, -0.25) is 14.5 Å². The number of hydrogen-bond donors (Lipinski definition) is 0. The van der Waals surface area contributed by atoms with Crippen molar-refractivity contribution in [2.75, 3.05) is 31.1 Å². The third kappa shape index (κ3) is 2.93. The van der Waals surface area contributed by atoms with Crippen molar-refractivity contribution in [3.63, 3.8) is 0 Å². The largest absolute Gasteiger partial charge is 0.333 e.